The Labute approximate surface area is 121 Å². The highest BCUT2D eigenvalue weighted by Gasteiger charge is 2.17. The zero-order valence-corrected chi connectivity index (χ0v) is 12.1. The number of benzene rings is 1. The summed E-state index contributed by atoms with van der Waals surface area (Å²) in [6.45, 7) is 2.08. The topological polar surface area (TPSA) is 64.4 Å². The minimum atomic E-state index is -0.434. The van der Waals surface area contributed by atoms with Crippen molar-refractivity contribution in [3.05, 3.63) is 50.7 Å². The number of nitrogens with one attached hydrogen (secondary N) is 1. The Morgan fingerprint density at radius 2 is 2.25 bits per heavy atom. The Hall–Kier alpha value is -2.08. The van der Waals surface area contributed by atoms with Gasteiger partial charge in [-0.15, -0.1) is 11.3 Å². The van der Waals surface area contributed by atoms with Gasteiger partial charge in [0.15, 0.2) is 5.75 Å². The maximum absolute atomic E-state index is 11.0. The summed E-state index contributed by atoms with van der Waals surface area (Å²) in [6.07, 6.45) is 0.903. The molecule has 2 rings (SSSR count). The van der Waals surface area contributed by atoms with Crippen molar-refractivity contribution >= 4 is 22.7 Å². The number of nitrogens with zero attached hydrogens (tertiary/aromatic N) is 1. The van der Waals surface area contributed by atoms with E-state index in [0.717, 1.165) is 12.1 Å². The van der Waals surface area contributed by atoms with Crippen LogP contribution in [0.25, 0.3) is 0 Å². The van der Waals surface area contributed by atoms with Gasteiger partial charge < -0.3 is 10.1 Å². The minimum absolute atomic E-state index is 0.0291. The predicted molar refractivity (Wildman–Crippen MR) is 80.6 cm³/mol. The molecular weight excluding hydrogens is 276 g/mol. The van der Waals surface area contributed by atoms with E-state index >= 15 is 0 Å². The monoisotopic (exact) mass is 292 g/mol. The van der Waals surface area contributed by atoms with Gasteiger partial charge in [-0.05, 0) is 30.0 Å². The van der Waals surface area contributed by atoms with Crippen LogP contribution in [-0.4, -0.2) is 12.0 Å². The molecule has 0 spiro atoms. The molecule has 20 heavy (non-hydrogen) atoms. The van der Waals surface area contributed by atoms with E-state index in [1.54, 1.807) is 23.5 Å². The molecule has 0 amide bonds. The van der Waals surface area contributed by atoms with Gasteiger partial charge in [-0.25, -0.2) is 0 Å². The van der Waals surface area contributed by atoms with Crippen molar-refractivity contribution < 1.29 is 9.66 Å². The van der Waals surface area contributed by atoms with Crippen LogP contribution in [-0.2, 0) is 0 Å². The highest BCUT2D eigenvalue weighted by molar-refractivity contribution is 7.10. The number of ether oxygens (including phenoxy) is 1. The van der Waals surface area contributed by atoms with Crippen molar-refractivity contribution in [1.82, 2.24) is 0 Å². The lowest BCUT2D eigenvalue weighted by molar-refractivity contribution is -0.385. The van der Waals surface area contributed by atoms with E-state index in [1.807, 2.05) is 11.4 Å². The van der Waals surface area contributed by atoms with Crippen LogP contribution in [0.4, 0.5) is 11.4 Å². The first-order valence-electron chi connectivity index (χ1n) is 6.28. The predicted octanol–water partition coefficient (Wildman–Crippen LogP) is 4.23. The number of rotatable bonds is 6. The first kappa shape index (κ1) is 14.3. The molecule has 0 saturated carbocycles. The molecule has 0 fully saturated rings. The molecule has 1 heterocycles. The van der Waals surface area contributed by atoms with Crippen molar-refractivity contribution in [3.63, 3.8) is 0 Å². The summed E-state index contributed by atoms with van der Waals surface area (Å²) in [7, 11) is 1.43. The lowest BCUT2D eigenvalue weighted by Crippen LogP contribution is -2.08. The Kier molecular flexibility index (Phi) is 4.57. The number of thiophene rings is 1. The standard InChI is InChI=1S/C14H16N2O3S/c1-3-11(14-5-4-8-20-14)15-10-6-7-13(19-2)12(9-10)16(17)18/h4-9,11,15H,3H2,1-2H3. The largest absolute Gasteiger partial charge is 0.490 e. The molecule has 1 N–H and O–H groups in total. The van der Waals surface area contributed by atoms with Gasteiger partial charge >= 0.3 is 5.69 Å². The fraction of sp³-hybridized carbons (Fsp3) is 0.286. The zero-order chi connectivity index (χ0) is 14.5. The second-order valence-corrected chi connectivity index (χ2v) is 5.24. The van der Waals surface area contributed by atoms with Crippen molar-refractivity contribution in [2.45, 2.75) is 19.4 Å². The maximum Gasteiger partial charge on any atom is 0.312 e. The summed E-state index contributed by atoms with van der Waals surface area (Å²) in [5.74, 6) is 0.268. The molecule has 0 saturated heterocycles. The number of methoxy groups -OCH3 is 1. The van der Waals surface area contributed by atoms with E-state index in [9.17, 15) is 10.1 Å². The summed E-state index contributed by atoms with van der Waals surface area (Å²) in [5.41, 5.74) is 0.691. The van der Waals surface area contributed by atoms with Crippen LogP contribution < -0.4 is 10.1 Å². The van der Waals surface area contributed by atoms with E-state index in [1.165, 1.54) is 18.1 Å². The molecule has 0 bridgehead atoms. The van der Waals surface area contributed by atoms with Crippen LogP contribution >= 0.6 is 11.3 Å². The first-order chi connectivity index (χ1) is 9.65. The van der Waals surface area contributed by atoms with Crippen molar-refractivity contribution in [3.8, 4) is 5.75 Å². The van der Waals surface area contributed by atoms with Gasteiger partial charge in [0.25, 0.3) is 0 Å². The molecular formula is C14H16N2O3S. The Bertz CT molecular complexity index is 584. The molecule has 1 aromatic carbocycles. The number of nitro groups is 1. The molecule has 1 aromatic heterocycles. The maximum atomic E-state index is 11.0. The number of hydrogen-bond donors (Lipinski definition) is 1. The molecule has 0 aliphatic rings. The van der Waals surface area contributed by atoms with Gasteiger partial charge in [0, 0.05) is 16.6 Å². The third-order valence-electron chi connectivity index (χ3n) is 3.01. The third kappa shape index (κ3) is 3.08. The SMILES string of the molecule is CCC(Nc1ccc(OC)c([N+](=O)[O-])c1)c1cccs1. The molecule has 106 valence electrons. The Morgan fingerprint density at radius 3 is 2.80 bits per heavy atom. The average Bonchev–Trinajstić information content (AvgIpc) is 2.98. The second kappa shape index (κ2) is 6.38. The molecule has 5 nitrogen and oxygen atoms in total. The van der Waals surface area contributed by atoms with Gasteiger partial charge in [0.2, 0.25) is 0 Å². The summed E-state index contributed by atoms with van der Waals surface area (Å²) >= 11 is 1.67. The molecule has 6 heteroatoms. The number of nitro benzene ring substituents is 1. The molecule has 0 aliphatic carbocycles. The van der Waals surface area contributed by atoms with E-state index in [-0.39, 0.29) is 17.5 Å². The number of anilines is 1. The molecule has 0 radical (unpaired) electrons. The molecule has 2 aromatic rings. The smallest absolute Gasteiger partial charge is 0.312 e. The Balaban J connectivity index is 2.25. The highest BCUT2D eigenvalue weighted by atomic mass is 32.1. The van der Waals surface area contributed by atoms with Crippen LogP contribution in [0.5, 0.6) is 5.75 Å². The third-order valence-corrected chi connectivity index (χ3v) is 4.00. The zero-order valence-electron chi connectivity index (χ0n) is 11.3. The molecule has 0 aliphatic heterocycles. The van der Waals surface area contributed by atoms with Gasteiger partial charge in [0.05, 0.1) is 18.1 Å². The van der Waals surface area contributed by atoms with E-state index in [0.29, 0.717) is 0 Å². The molecule has 1 unspecified atom stereocenters. The van der Waals surface area contributed by atoms with Gasteiger partial charge in [-0.2, -0.15) is 0 Å². The average molecular weight is 292 g/mol. The van der Waals surface area contributed by atoms with Crippen molar-refractivity contribution in [1.29, 1.82) is 0 Å². The summed E-state index contributed by atoms with van der Waals surface area (Å²) in [4.78, 5) is 11.8. The summed E-state index contributed by atoms with van der Waals surface area (Å²) in [6, 6.07) is 9.13. The van der Waals surface area contributed by atoms with Crippen LogP contribution in [0.1, 0.15) is 24.3 Å². The quantitative estimate of drug-likeness (QED) is 0.639. The number of hydrogen-bond acceptors (Lipinski definition) is 5. The fourth-order valence-electron chi connectivity index (χ4n) is 1.99. The van der Waals surface area contributed by atoms with Gasteiger partial charge in [-0.3, -0.25) is 10.1 Å². The van der Waals surface area contributed by atoms with Crippen molar-refractivity contribution in [2.75, 3.05) is 12.4 Å². The van der Waals surface area contributed by atoms with E-state index in [4.69, 9.17) is 4.74 Å². The van der Waals surface area contributed by atoms with Crippen LogP contribution in [0.3, 0.4) is 0 Å². The van der Waals surface area contributed by atoms with E-state index in [2.05, 4.69) is 18.3 Å². The lowest BCUT2D eigenvalue weighted by atomic mass is 10.1. The second-order valence-electron chi connectivity index (χ2n) is 4.26. The van der Waals surface area contributed by atoms with E-state index < -0.39 is 4.92 Å². The Morgan fingerprint density at radius 1 is 1.45 bits per heavy atom. The first-order valence-corrected chi connectivity index (χ1v) is 7.16. The summed E-state index contributed by atoms with van der Waals surface area (Å²) in [5, 5.41) is 16.4. The van der Waals surface area contributed by atoms with Crippen LogP contribution in [0.2, 0.25) is 0 Å². The van der Waals surface area contributed by atoms with Gasteiger partial charge in [-0.1, -0.05) is 13.0 Å². The summed E-state index contributed by atoms with van der Waals surface area (Å²) < 4.78 is 5.00. The van der Waals surface area contributed by atoms with Crippen LogP contribution in [0.15, 0.2) is 35.7 Å². The fourth-order valence-corrected chi connectivity index (χ4v) is 2.85. The highest BCUT2D eigenvalue weighted by Crippen LogP contribution is 2.32. The van der Waals surface area contributed by atoms with Gasteiger partial charge in [0.1, 0.15) is 0 Å². The normalized spacial score (nSPS) is 11.9. The molecule has 1 atom stereocenters. The van der Waals surface area contributed by atoms with Crippen LogP contribution in [0, 0.1) is 10.1 Å². The lowest BCUT2D eigenvalue weighted by Gasteiger charge is -2.17. The van der Waals surface area contributed by atoms with Crippen molar-refractivity contribution in [2.24, 2.45) is 0 Å². The minimum Gasteiger partial charge on any atom is -0.490 e.